The molecule has 0 fully saturated rings. The molecule has 0 heterocycles. The van der Waals surface area contributed by atoms with Crippen molar-refractivity contribution >= 4 is 5.69 Å². The Labute approximate surface area is 109 Å². The number of rotatable bonds is 4. The molecule has 0 bridgehead atoms. The van der Waals surface area contributed by atoms with Crippen molar-refractivity contribution in [1.29, 1.82) is 0 Å². The molecule has 2 N–H and O–H groups in total. The zero-order valence-corrected chi connectivity index (χ0v) is 10.1. The lowest BCUT2D eigenvalue weighted by atomic mass is 9.87. The Morgan fingerprint density at radius 2 is 1.53 bits per heavy atom. The molecular weight excluding hydrogens is 246 g/mol. The summed E-state index contributed by atoms with van der Waals surface area (Å²) in [6, 6.07) is 14.2. The second-order valence-corrected chi connectivity index (χ2v) is 4.19. The number of nitro groups is 1. The first-order valence-corrected chi connectivity index (χ1v) is 5.71. The van der Waals surface area contributed by atoms with Gasteiger partial charge in [-0.2, -0.15) is 0 Å². The minimum Gasteiger partial charge on any atom is -0.393 e. The number of aliphatic hydroxyl groups excluding tert-OH is 1. The molecule has 0 saturated carbocycles. The fraction of sp³-hybridized carbons (Fsp3) is 0.143. The molecule has 0 saturated heterocycles. The molecule has 2 aromatic rings. The van der Waals surface area contributed by atoms with Crippen LogP contribution in [-0.4, -0.2) is 21.7 Å². The molecule has 0 aliphatic carbocycles. The van der Waals surface area contributed by atoms with Crippen molar-refractivity contribution in [3.63, 3.8) is 0 Å². The van der Waals surface area contributed by atoms with E-state index in [1.807, 2.05) is 0 Å². The topological polar surface area (TPSA) is 83.6 Å². The predicted octanol–water partition coefficient (Wildman–Crippen LogP) is 1.82. The summed E-state index contributed by atoms with van der Waals surface area (Å²) in [5, 5.41) is 30.7. The van der Waals surface area contributed by atoms with Crippen molar-refractivity contribution in [3.05, 3.63) is 75.8 Å². The Balaban J connectivity index is 2.44. The van der Waals surface area contributed by atoms with E-state index < -0.39 is 17.1 Å². The highest BCUT2D eigenvalue weighted by Gasteiger charge is 2.30. The number of aliphatic hydroxyl groups is 2. The van der Waals surface area contributed by atoms with Gasteiger partial charge in [-0.25, -0.2) is 0 Å². The highest BCUT2D eigenvalue weighted by atomic mass is 16.6. The van der Waals surface area contributed by atoms with E-state index >= 15 is 0 Å². The summed E-state index contributed by atoms with van der Waals surface area (Å²) in [6.07, 6.45) is 0. The second-order valence-electron chi connectivity index (χ2n) is 4.19. The summed E-state index contributed by atoms with van der Waals surface area (Å²) in [4.78, 5) is 10.1. The van der Waals surface area contributed by atoms with E-state index in [4.69, 9.17) is 0 Å². The molecule has 0 aromatic heterocycles. The Hall–Kier alpha value is -2.24. The van der Waals surface area contributed by atoms with Crippen molar-refractivity contribution in [2.24, 2.45) is 0 Å². The lowest BCUT2D eigenvalue weighted by Gasteiger charge is -2.26. The van der Waals surface area contributed by atoms with Crippen LogP contribution in [-0.2, 0) is 5.60 Å². The van der Waals surface area contributed by atoms with Crippen LogP contribution in [0.4, 0.5) is 5.69 Å². The SMILES string of the molecule is O=[N+]([O-])c1ccc(C(O)(CO)c2ccccc2)cc1. The Bertz CT molecular complexity index is 568. The molecule has 19 heavy (non-hydrogen) atoms. The number of hydrogen-bond acceptors (Lipinski definition) is 4. The van der Waals surface area contributed by atoms with E-state index in [-0.39, 0.29) is 5.69 Å². The lowest BCUT2D eigenvalue weighted by Crippen LogP contribution is -2.31. The number of nitro benzene ring substituents is 1. The normalized spacial score (nSPS) is 13.8. The van der Waals surface area contributed by atoms with Crippen LogP contribution >= 0.6 is 0 Å². The monoisotopic (exact) mass is 259 g/mol. The second kappa shape index (κ2) is 5.17. The van der Waals surface area contributed by atoms with Crippen LogP contribution in [0.2, 0.25) is 0 Å². The van der Waals surface area contributed by atoms with Gasteiger partial charge in [-0.1, -0.05) is 30.3 Å². The standard InChI is InChI=1S/C14H13NO4/c16-10-14(17,11-4-2-1-3-5-11)12-6-8-13(9-7-12)15(18)19/h1-9,16-17H,10H2. The van der Waals surface area contributed by atoms with Crippen LogP contribution in [0.1, 0.15) is 11.1 Å². The van der Waals surface area contributed by atoms with Crippen molar-refractivity contribution in [1.82, 2.24) is 0 Å². The van der Waals surface area contributed by atoms with Gasteiger partial charge in [0.1, 0.15) is 5.60 Å². The van der Waals surface area contributed by atoms with Crippen LogP contribution in [0.5, 0.6) is 0 Å². The smallest absolute Gasteiger partial charge is 0.269 e. The van der Waals surface area contributed by atoms with E-state index in [0.717, 1.165) is 0 Å². The molecule has 1 unspecified atom stereocenters. The van der Waals surface area contributed by atoms with Crippen molar-refractivity contribution in [2.45, 2.75) is 5.60 Å². The van der Waals surface area contributed by atoms with Gasteiger partial charge in [-0.05, 0) is 23.3 Å². The van der Waals surface area contributed by atoms with E-state index in [0.29, 0.717) is 11.1 Å². The molecule has 0 amide bonds. The zero-order valence-electron chi connectivity index (χ0n) is 10.1. The van der Waals surface area contributed by atoms with Gasteiger partial charge in [0.25, 0.3) is 5.69 Å². The molecule has 0 aliphatic rings. The van der Waals surface area contributed by atoms with Gasteiger partial charge >= 0.3 is 0 Å². The van der Waals surface area contributed by atoms with Crippen LogP contribution in [0.3, 0.4) is 0 Å². The third-order valence-electron chi connectivity index (χ3n) is 3.04. The fourth-order valence-corrected chi connectivity index (χ4v) is 1.92. The van der Waals surface area contributed by atoms with E-state index in [9.17, 15) is 20.3 Å². The van der Waals surface area contributed by atoms with Gasteiger partial charge in [-0.15, -0.1) is 0 Å². The van der Waals surface area contributed by atoms with Crippen molar-refractivity contribution in [3.8, 4) is 0 Å². The summed E-state index contributed by atoms with van der Waals surface area (Å²) >= 11 is 0. The van der Waals surface area contributed by atoms with Gasteiger partial charge in [0, 0.05) is 12.1 Å². The summed E-state index contributed by atoms with van der Waals surface area (Å²) in [7, 11) is 0. The van der Waals surface area contributed by atoms with Crippen LogP contribution in [0, 0.1) is 10.1 Å². The Morgan fingerprint density at radius 1 is 1.00 bits per heavy atom. The minimum atomic E-state index is -1.56. The molecule has 5 nitrogen and oxygen atoms in total. The highest BCUT2D eigenvalue weighted by molar-refractivity contribution is 5.41. The highest BCUT2D eigenvalue weighted by Crippen LogP contribution is 2.30. The van der Waals surface area contributed by atoms with E-state index in [2.05, 4.69) is 0 Å². The summed E-state index contributed by atoms with van der Waals surface area (Å²) in [5.41, 5.74) is -0.675. The number of non-ortho nitro benzene ring substituents is 1. The van der Waals surface area contributed by atoms with Crippen LogP contribution in [0.25, 0.3) is 0 Å². The maximum atomic E-state index is 10.6. The molecular formula is C14H13NO4. The molecule has 0 spiro atoms. The van der Waals surface area contributed by atoms with Crippen molar-refractivity contribution < 1.29 is 15.1 Å². The van der Waals surface area contributed by atoms with Crippen LogP contribution < -0.4 is 0 Å². The van der Waals surface area contributed by atoms with E-state index in [1.165, 1.54) is 24.3 Å². The minimum absolute atomic E-state index is 0.0582. The lowest BCUT2D eigenvalue weighted by molar-refractivity contribution is -0.384. The molecule has 5 heteroatoms. The predicted molar refractivity (Wildman–Crippen MR) is 69.6 cm³/mol. The molecule has 98 valence electrons. The average molecular weight is 259 g/mol. The maximum Gasteiger partial charge on any atom is 0.269 e. The van der Waals surface area contributed by atoms with Gasteiger partial charge in [0.15, 0.2) is 0 Å². The van der Waals surface area contributed by atoms with Gasteiger partial charge in [0.2, 0.25) is 0 Å². The third kappa shape index (κ3) is 2.47. The first-order chi connectivity index (χ1) is 9.08. The number of nitrogens with zero attached hydrogens (tertiary/aromatic N) is 1. The fourth-order valence-electron chi connectivity index (χ4n) is 1.92. The maximum absolute atomic E-state index is 10.6. The third-order valence-corrected chi connectivity index (χ3v) is 3.04. The summed E-state index contributed by atoms with van der Waals surface area (Å²) < 4.78 is 0. The average Bonchev–Trinajstić information content (AvgIpc) is 2.47. The Morgan fingerprint density at radius 3 is 2.00 bits per heavy atom. The molecule has 2 aromatic carbocycles. The van der Waals surface area contributed by atoms with E-state index in [1.54, 1.807) is 30.3 Å². The Kier molecular flexibility index (Phi) is 3.59. The van der Waals surface area contributed by atoms with Gasteiger partial charge < -0.3 is 10.2 Å². The number of hydrogen-bond donors (Lipinski definition) is 2. The quantitative estimate of drug-likeness (QED) is 0.648. The summed E-state index contributed by atoms with van der Waals surface area (Å²) in [6.45, 7) is -0.505. The molecule has 0 radical (unpaired) electrons. The zero-order chi connectivity index (χ0) is 13.9. The summed E-state index contributed by atoms with van der Waals surface area (Å²) in [5.74, 6) is 0. The van der Waals surface area contributed by atoms with Crippen LogP contribution in [0.15, 0.2) is 54.6 Å². The molecule has 1 atom stereocenters. The molecule has 2 rings (SSSR count). The molecule has 0 aliphatic heterocycles. The first kappa shape index (κ1) is 13.2. The van der Waals surface area contributed by atoms with Gasteiger partial charge in [-0.3, -0.25) is 10.1 Å². The first-order valence-electron chi connectivity index (χ1n) is 5.71. The van der Waals surface area contributed by atoms with Gasteiger partial charge in [0.05, 0.1) is 11.5 Å². The number of benzene rings is 2. The van der Waals surface area contributed by atoms with Crippen molar-refractivity contribution in [2.75, 3.05) is 6.61 Å². The largest absolute Gasteiger partial charge is 0.393 e.